The van der Waals surface area contributed by atoms with Gasteiger partial charge >= 0.3 is 0 Å². The number of phenols is 1. The number of halogens is 1. The van der Waals surface area contributed by atoms with Crippen LogP contribution >= 0.6 is 11.6 Å². The molecule has 0 bridgehead atoms. The van der Waals surface area contributed by atoms with E-state index >= 15 is 0 Å². The molecule has 0 spiro atoms. The molecule has 2 aromatic rings. The third-order valence-corrected chi connectivity index (χ3v) is 3.43. The van der Waals surface area contributed by atoms with Crippen LogP contribution in [-0.4, -0.2) is 11.0 Å². The van der Waals surface area contributed by atoms with E-state index in [4.69, 9.17) is 11.6 Å². The van der Waals surface area contributed by atoms with Crippen molar-refractivity contribution in [3.63, 3.8) is 0 Å². The van der Waals surface area contributed by atoms with Crippen molar-refractivity contribution in [3.8, 4) is 5.75 Å². The molecule has 0 aliphatic rings. The van der Waals surface area contributed by atoms with Gasteiger partial charge in [0.2, 0.25) is 0 Å². The quantitative estimate of drug-likeness (QED) is 0.869. The van der Waals surface area contributed by atoms with E-state index in [1.807, 2.05) is 32.9 Å². The van der Waals surface area contributed by atoms with Crippen LogP contribution in [0.2, 0.25) is 5.02 Å². The van der Waals surface area contributed by atoms with E-state index in [-0.39, 0.29) is 16.7 Å². The van der Waals surface area contributed by atoms with Gasteiger partial charge in [0.25, 0.3) is 5.91 Å². The Morgan fingerprint density at radius 1 is 1.10 bits per heavy atom. The molecule has 0 saturated carbocycles. The standard InChI is InChI=1S/C16H16ClNO2/c1-9-6-10(2)15(11(3)7-9)16(20)18-12-4-5-13(17)14(19)8-12/h4-8,19H,1-3H3,(H,18,20). The average Bonchev–Trinajstić information content (AvgIpc) is 2.32. The number of nitrogens with one attached hydrogen (secondary N) is 1. The van der Waals surface area contributed by atoms with Gasteiger partial charge in [-0.25, -0.2) is 0 Å². The van der Waals surface area contributed by atoms with E-state index in [9.17, 15) is 9.90 Å². The Labute approximate surface area is 123 Å². The predicted octanol–water partition coefficient (Wildman–Crippen LogP) is 4.22. The van der Waals surface area contributed by atoms with Crippen molar-refractivity contribution in [2.45, 2.75) is 20.8 Å². The van der Waals surface area contributed by atoms with Crippen LogP contribution < -0.4 is 5.32 Å². The number of rotatable bonds is 2. The first kappa shape index (κ1) is 14.4. The molecule has 0 unspecified atom stereocenters. The van der Waals surface area contributed by atoms with Gasteiger partial charge in [0, 0.05) is 17.3 Å². The summed E-state index contributed by atoms with van der Waals surface area (Å²) in [4.78, 5) is 12.3. The lowest BCUT2D eigenvalue weighted by Gasteiger charge is -2.12. The fourth-order valence-electron chi connectivity index (χ4n) is 2.32. The average molecular weight is 290 g/mol. The fraction of sp³-hybridized carbons (Fsp3) is 0.188. The second-order valence-corrected chi connectivity index (χ2v) is 5.30. The molecule has 20 heavy (non-hydrogen) atoms. The normalized spacial score (nSPS) is 10.4. The molecule has 0 atom stereocenters. The highest BCUT2D eigenvalue weighted by molar-refractivity contribution is 6.32. The molecule has 3 nitrogen and oxygen atoms in total. The van der Waals surface area contributed by atoms with Gasteiger partial charge < -0.3 is 10.4 Å². The summed E-state index contributed by atoms with van der Waals surface area (Å²) in [6.45, 7) is 5.82. The summed E-state index contributed by atoms with van der Waals surface area (Å²) in [5.41, 5.74) is 4.15. The van der Waals surface area contributed by atoms with E-state index < -0.39 is 0 Å². The molecule has 0 heterocycles. The fourth-order valence-corrected chi connectivity index (χ4v) is 2.44. The third-order valence-electron chi connectivity index (χ3n) is 3.11. The lowest BCUT2D eigenvalue weighted by molar-refractivity contribution is 0.102. The third kappa shape index (κ3) is 2.94. The van der Waals surface area contributed by atoms with Crippen molar-refractivity contribution < 1.29 is 9.90 Å². The zero-order valence-corrected chi connectivity index (χ0v) is 12.4. The van der Waals surface area contributed by atoms with Crippen molar-refractivity contribution in [1.82, 2.24) is 0 Å². The molecule has 2 N–H and O–H groups in total. The smallest absolute Gasteiger partial charge is 0.256 e. The molecule has 2 rings (SSSR count). The minimum atomic E-state index is -0.193. The molecule has 4 heteroatoms. The molecular formula is C16H16ClNO2. The Hall–Kier alpha value is -2.00. The number of benzene rings is 2. The van der Waals surface area contributed by atoms with Crippen molar-refractivity contribution in [3.05, 3.63) is 57.6 Å². The Morgan fingerprint density at radius 2 is 1.70 bits per heavy atom. The number of carbonyl (C=O) groups is 1. The predicted molar refractivity (Wildman–Crippen MR) is 81.7 cm³/mol. The van der Waals surface area contributed by atoms with Crippen molar-refractivity contribution >= 4 is 23.2 Å². The van der Waals surface area contributed by atoms with Gasteiger partial charge in [0.15, 0.2) is 0 Å². The van der Waals surface area contributed by atoms with E-state index in [2.05, 4.69) is 5.32 Å². The Morgan fingerprint density at radius 3 is 2.25 bits per heavy atom. The maximum atomic E-state index is 12.3. The first-order valence-electron chi connectivity index (χ1n) is 6.26. The van der Waals surface area contributed by atoms with Crippen LogP contribution in [-0.2, 0) is 0 Å². The number of hydrogen-bond donors (Lipinski definition) is 2. The second-order valence-electron chi connectivity index (χ2n) is 4.89. The van der Waals surface area contributed by atoms with Gasteiger partial charge in [-0.3, -0.25) is 4.79 Å². The van der Waals surface area contributed by atoms with Crippen molar-refractivity contribution in [2.75, 3.05) is 5.32 Å². The molecule has 2 aromatic carbocycles. The van der Waals surface area contributed by atoms with Crippen LogP contribution in [0.15, 0.2) is 30.3 Å². The summed E-state index contributed by atoms with van der Waals surface area (Å²) < 4.78 is 0. The van der Waals surface area contributed by atoms with Gasteiger partial charge in [0.05, 0.1) is 5.02 Å². The maximum absolute atomic E-state index is 12.3. The first-order chi connectivity index (χ1) is 9.38. The molecule has 104 valence electrons. The molecule has 0 aromatic heterocycles. The second kappa shape index (κ2) is 5.55. The van der Waals surface area contributed by atoms with Crippen LogP contribution in [0.5, 0.6) is 5.75 Å². The zero-order chi connectivity index (χ0) is 14.9. The van der Waals surface area contributed by atoms with Crippen molar-refractivity contribution in [2.24, 2.45) is 0 Å². The largest absolute Gasteiger partial charge is 0.506 e. The molecule has 0 saturated heterocycles. The van der Waals surface area contributed by atoms with Crippen LogP contribution in [0.4, 0.5) is 5.69 Å². The summed E-state index contributed by atoms with van der Waals surface area (Å²) in [5, 5.41) is 12.6. The Kier molecular flexibility index (Phi) is 4.00. The minimum Gasteiger partial charge on any atom is -0.506 e. The number of phenolic OH excluding ortho intramolecular Hbond substituents is 1. The Balaban J connectivity index is 2.31. The first-order valence-corrected chi connectivity index (χ1v) is 6.64. The Bertz CT molecular complexity index is 657. The van der Waals surface area contributed by atoms with E-state index in [1.165, 1.54) is 6.07 Å². The molecule has 0 aliphatic carbocycles. The summed E-state index contributed by atoms with van der Waals surface area (Å²) in [6.07, 6.45) is 0. The highest BCUT2D eigenvalue weighted by Gasteiger charge is 2.13. The van der Waals surface area contributed by atoms with Crippen LogP contribution in [0.25, 0.3) is 0 Å². The monoisotopic (exact) mass is 289 g/mol. The molecule has 1 amide bonds. The van der Waals surface area contributed by atoms with E-state index in [0.29, 0.717) is 11.3 Å². The summed E-state index contributed by atoms with van der Waals surface area (Å²) in [5.74, 6) is -0.247. The minimum absolute atomic E-state index is 0.0539. The number of hydrogen-bond acceptors (Lipinski definition) is 2. The van der Waals surface area contributed by atoms with E-state index in [0.717, 1.165) is 16.7 Å². The number of aromatic hydroxyl groups is 1. The van der Waals surface area contributed by atoms with Crippen molar-refractivity contribution in [1.29, 1.82) is 0 Å². The number of carbonyl (C=O) groups excluding carboxylic acids is 1. The van der Waals surface area contributed by atoms with Gasteiger partial charge in [-0.05, 0) is 44.0 Å². The molecule has 0 fully saturated rings. The lowest BCUT2D eigenvalue weighted by atomic mass is 9.99. The number of amides is 1. The van der Waals surface area contributed by atoms with Crippen LogP contribution in [0.1, 0.15) is 27.0 Å². The summed E-state index contributed by atoms with van der Waals surface area (Å²) in [6, 6.07) is 8.57. The lowest BCUT2D eigenvalue weighted by Crippen LogP contribution is -2.15. The number of anilines is 1. The SMILES string of the molecule is Cc1cc(C)c(C(=O)Nc2ccc(Cl)c(O)c2)c(C)c1. The van der Waals surface area contributed by atoms with Gasteiger partial charge in [0.1, 0.15) is 5.75 Å². The van der Waals surface area contributed by atoms with Crippen LogP contribution in [0.3, 0.4) is 0 Å². The summed E-state index contributed by atoms with van der Waals surface area (Å²) >= 11 is 5.74. The zero-order valence-electron chi connectivity index (χ0n) is 11.6. The molecular weight excluding hydrogens is 274 g/mol. The van der Waals surface area contributed by atoms with Gasteiger partial charge in [-0.2, -0.15) is 0 Å². The van der Waals surface area contributed by atoms with Gasteiger partial charge in [-0.1, -0.05) is 29.3 Å². The highest BCUT2D eigenvalue weighted by Crippen LogP contribution is 2.27. The summed E-state index contributed by atoms with van der Waals surface area (Å²) in [7, 11) is 0. The van der Waals surface area contributed by atoms with E-state index in [1.54, 1.807) is 12.1 Å². The maximum Gasteiger partial charge on any atom is 0.256 e. The van der Waals surface area contributed by atoms with Gasteiger partial charge in [-0.15, -0.1) is 0 Å². The highest BCUT2D eigenvalue weighted by atomic mass is 35.5. The van der Waals surface area contributed by atoms with Crippen LogP contribution in [0, 0.1) is 20.8 Å². The number of aryl methyl sites for hydroxylation is 3. The molecule has 0 aliphatic heterocycles. The topological polar surface area (TPSA) is 49.3 Å². The molecule has 0 radical (unpaired) electrons.